The van der Waals surface area contributed by atoms with Gasteiger partial charge in [-0.15, -0.1) is 0 Å². The molecular formula is C9H16N2O4. The molecule has 0 radical (unpaired) electrons. The predicted octanol–water partition coefficient (Wildman–Crippen LogP) is 0.585. The van der Waals surface area contributed by atoms with E-state index in [1.807, 2.05) is 0 Å². The fourth-order valence-electron chi connectivity index (χ4n) is 1.30. The van der Waals surface area contributed by atoms with Gasteiger partial charge in [-0.1, -0.05) is 0 Å². The molecule has 0 aromatic heterocycles. The van der Waals surface area contributed by atoms with Crippen LogP contribution in [-0.4, -0.2) is 40.4 Å². The summed E-state index contributed by atoms with van der Waals surface area (Å²) in [6, 6.07) is -0.833. The Morgan fingerprint density at radius 3 is 2.53 bits per heavy atom. The molecule has 0 aliphatic carbocycles. The number of carbonyl (C=O) groups is 2. The molecule has 1 heterocycles. The molecule has 6 heteroatoms. The van der Waals surface area contributed by atoms with Crippen LogP contribution in [0, 0.1) is 0 Å². The lowest BCUT2D eigenvalue weighted by atomic mass is 10.2. The van der Waals surface area contributed by atoms with Crippen molar-refractivity contribution in [1.29, 1.82) is 0 Å². The van der Waals surface area contributed by atoms with Gasteiger partial charge < -0.3 is 9.84 Å². The average molecular weight is 216 g/mol. The SMILES string of the molecule is CC(C)(C)OC(=O)N1NCC[C@H]1C(=O)O. The van der Waals surface area contributed by atoms with Crippen LogP contribution in [-0.2, 0) is 9.53 Å². The molecule has 0 aromatic carbocycles. The first-order chi connectivity index (χ1) is 6.81. The molecular weight excluding hydrogens is 200 g/mol. The normalized spacial score (nSPS) is 21.5. The first-order valence-electron chi connectivity index (χ1n) is 4.80. The second kappa shape index (κ2) is 4.06. The van der Waals surface area contributed by atoms with Crippen molar-refractivity contribution in [2.45, 2.75) is 38.8 Å². The minimum Gasteiger partial charge on any atom is -0.480 e. The molecule has 15 heavy (non-hydrogen) atoms. The number of nitrogens with zero attached hydrogens (tertiary/aromatic N) is 1. The van der Waals surface area contributed by atoms with Gasteiger partial charge >= 0.3 is 12.1 Å². The molecule has 1 fully saturated rings. The zero-order valence-corrected chi connectivity index (χ0v) is 9.11. The van der Waals surface area contributed by atoms with Gasteiger partial charge in [-0.05, 0) is 27.2 Å². The van der Waals surface area contributed by atoms with Crippen LogP contribution < -0.4 is 5.43 Å². The molecule has 1 aliphatic heterocycles. The molecule has 86 valence electrons. The van der Waals surface area contributed by atoms with Crippen LogP contribution in [0.5, 0.6) is 0 Å². The fraction of sp³-hybridized carbons (Fsp3) is 0.778. The predicted molar refractivity (Wildman–Crippen MR) is 52.1 cm³/mol. The highest BCUT2D eigenvalue weighted by molar-refractivity contribution is 5.80. The van der Waals surface area contributed by atoms with E-state index in [-0.39, 0.29) is 0 Å². The monoisotopic (exact) mass is 216 g/mol. The average Bonchev–Trinajstić information content (AvgIpc) is 2.47. The standard InChI is InChI=1S/C9H16N2O4/c1-9(2,3)15-8(14)11-6(7(12)13)4-5-10-11/h6,10H,4-5H2,1-3H3,(H,12,13)/t6-/m0/s1. The number of hydrogen-bond acceptors (Lipinski definition) is 4. The number of rotatable bonds is 1. The van der Waals surface area contributed by atoms with Crippen molar-refractivity contribution in [3.05, 3.63) is 0 Å². The van der Waals surface area contributed by atoms with E-state index in [0.29, 0.717) is 13.0 Å². The maximum absolute atomic E-state index is 11.6. The smallest absolute Gasteiger partial charge is 0.425 e. The van der Waals surface area contributed by atoms with Gasteiger partial charge in [0, 0.05) is 6.54 Å². The van der Waals surface area contributed by atoms with E-state index in [2.05, 4.69) is 5.43 Å². The third kappa shape index (κ3) is 3.09. The van der Waals surface area contributed by atoms with Crippen LogP contribution in [0.3, 0.4) is 0 Å². The lowest BCUT2D eigenvalue weighted by Crippen LogP contribution is -2.48. The Labute approximate surface area is 88.2 Å². The minimum atomic E-state index is -1.02. The first-order valence-corrected chi connectivity index (χ1v) is 4.80. The van der Waals surface area contributed by atoms with E-state index in [1.165, 1.54) is 0 Å². The summed E-state index contributed by atoms with van der Waals surface area (Å²) in [7, 11) is 0. The maximum Gasteiger partial charge on any atom is 0.425 e. The van der Waals surface area contributed by atoms with Crippen molar-refractivity contribution >= 4 is 12.1 Å². The van der Waals surface area contributed by atoms with Gasteiger partial charge in [0.25, 0.3) is 0 Å². The van der Waals surface area contributed by atoms with Gasteiger partial charge in [0.1, 0.15) is 5.60 Å². The number of carboxylic acids is 1. The van der Waals surface area contributed by atoms with Crippen LogP contribution in [0.15, 0.2) is 0 Å². The van der Waals surface area contributed by atoms with Crippen LogP contribution in [0.1, 0.15) is 27.2 Å². The molecule has 0 saturated carbocycles. The van der Waals surface area contributed by atoms with Crippen LogP contribution in [0.25, 0.3) is 0 Å². The second-order valence-corrected chi connectivity index (χ2v) is 4.40. The van der Waals surface area contributed by atoms with Crippen molar-refractivity contribution in [2.24, 2.45) is 0 Å². The van der Waals surface area contributed by atoms with Crippen LogP contribution >= 0.6 is 0 Å². The molecule has 0 bridgehead atoms. The summed E-state index contributed by atoms with van der Waals surface area (Å²) in [6.45, 7) is 5.67. The van der Waals surface area contributed by atoms with Crippen LogP contribution in [0.4, 0.5) is 4.79 Å². The summed E-state index contributed by atoms with van der Waals surface area (Å²) in [6.07, 6.45) is -0.249. The maximum atomic E-state index is 11.6. The Hall–Kier alpha value is -1.30. The second-order valence-electron chi connectivity index (χ2n) is 4.40. The Balaban J connectivity index is 2.63. The molecule has 6 nitrogen and oxygen atoms in total. The van der Waals surface area contributed by atoms with Gasteiger partial charge in [-0.3, -0.25) is 0 Å². The highest BCUT2D eigenvalue weighted by Crippen LogP contribution is 2.15. The van der Waals surface area contributed by atoms with E-state index < -0.39 is 23.7 Å². The lowest BCUT2D eigenvalue weighted by Gasteiger charge is -2.26. The quantitative estimate of drug-likeness (QED) is 0.670. The molecule has 0 unspecified atom stereocenters. The summed E-state index contributed by atoms with van der Waals surface area (Å²) in [4.78, 5) is 22.3. The molecule has 1 saturated heterocycles. The van der Waals surface area contributed by atoms with Crippen molar-refractivity contribution in [1.82, 2.24) is 10.4 Å². The van der Waals surface area contributed by atoms with Crippen molar-refractivity contribution in [3.8, 4) is 0 Å². The summed E-state index contributed by atoms with van der Waals surface area (Å²) >= 11 is 0. The van der Waals surface area contributed by atoms with Gasteiger partial charge in [-0.2, -0.15) is 0 Å². The molecule has 0 aromatic rings. The number of nitrogens with one attached hydrogen (secondary N) is 1. The van der Waals surface area contributed by atoms with Crippen molar-refractivity contribution in [2.75, 3.05) is 6.54 Å². The van der Waals surface area contributed by atoms with E-state index in [0.717, 1.165) is 5.01 Å². The van der Waals surface area contributed by atoms with Gasteiger partial charge in [0.05, 0.1) is 0 Å². The van der Waals surface area contributed by atoms with E-state index >= 15 is 0 Å². The summed E-state index contributed by atoms with van der Waals surface area (Å²) in [5, 5.41) is 9.88. The number of carboxylic acid groups (broad SMARTS) is 1. The summed E-state index contributed by atoms with van der Waals surface area (Å²) in [5.41, 5.74) is 2.07. The Morgan fingerprint density at radius 1 is 1.47 bits per heavy atom. The van der Waals surface area contributed by atoms with Gasteiger partial charge in [0.15, 0.2) is 6.04 Å². The van der Waals surface area contributed by atoms with E-state index in [9.17, 15) is 9.59 Å². The summed E-state index contributed by atoms with van der Waals surface area (Å²) in [5.74, 6) is -1.02. The number of carbonyl (C=O) groups excluding carboxylic acids is 1. The molecule has 1 atom stereocenters. The van der Waals surface area contributed by atoms with Crippen molar-refractivity contribution < 1.29 is 19.4 Å². The van der Waals surface area contributed by atoms with Crippen LogP contribution in [0.2, 0.25) is 0 Å². The number of hydrazine groups is 1. The van der Waals surface area contributed by atoms with Gasteiger partial charge in [0.2, 0.25) is 0 Å². The minimum absolute atomic E-state index is 0.397. The largest absolute Gasteiger partial charge is 0.480 e. The molecule has 1 rings (SSSR count). The molecule has 0 spiro atoms. The number of ether oxygens (including phenoxy) is 1. The Bertz CT molecular complexity index is 272. The van der Waals surface area contributed by atoms with Gasteiger partial charge in [-0.25, -0.2) is 20.0 Å². The van der Waals surface area contributed by atoms with E-state index in [4.69, 9.17) is 9.84 Å². The zero-order chi connectivity index (χ0) is 11.6. The molecule has 2 N–H and O–H groups in total. The Morgan fingerprint density at radius 2 is 2.07 bits per heavy atom. The molecule has 1 amide bonds. The fourth-order valence-corrected chi connectivity index (χ4v) is 1.30. The third-order valence-electron chi connectivity index (χ3n) is 1.89. The zero-order valence-electron chi connectivity index (χ0n) is 9.11. The van der Waals surface area contributed by atoms with E-state index in [1.54, 1.807) is 20.8 Å². The highest BCUT2D eigenvalue weighted by Gasteiger charge is 2.36. The highest BCUT2D eigenvalue weighted by atomic mass is 16.6. The molecule has 1 aliphatic rings. The number of amides is 1. The Kier molecular flexibility index (Phi) is 3.18. The number of hydrogen-bond donors (Lipinski definition) is 2. The summed E-state index contributed by atoms with van der Waals surface area (Å²) < 4.78 is 5.06. The lowest BCUT2D eigenvalue weighted by molar-refractivity contribution is -0.142. The van der Waals surface area contributed by atoms with Crippen molar-refractivity contribution in [3.63, 3.8) is 0 Å². The third-order valence-corrected chi connectivity index (χ3v) is 1.89. The topological polar surface area (TPSA) is 78.9 Å². The number of aliphatic carboxylic acids is 1. The first kappa shape index (κ1) is 11.8.